The summed E-state index contributed by atoms with van der Waals surface area (Å²) in [6.45, 7) is 4.22. The highest BCUT2D eigenvalue weighted by molar-refractivity contribution is 6.31. The van der Waals surface area contributed by atoms with Gasteiger partial charge in [-0.15, -0.1) is 0 Å². The molecule has 3 nitrogen and oxygen atoms in total. The highest BCUT2D eigenvalue weighted by Crippen LogP contribution is 2.34. The molecular formula is C18H21Cl2NO2. The van der Waals surface area contributed by atoms with E-state index in [1.807, 2.05) is 30.3 Å². The average Bonchev–Trinajstić information content (AvgIpc) is 2.56. The Balaban J connectivity index is 2.08. The molecule has 0 saturated heterocycles. The van der Waals surface area contributed by atoms with Gasteiger partial charge in [0.2, 0.25) is 0 Å². The molecule has 0 bridgehead atoms. The molecule has 23 heavy (non-hydrogen) atoms. The van der Waals surface area contributed by atoms with Crippen molar-refractivity contribution in [2.24, 2.45) is 0 Å². The van der Waals surface area contributed by atoms with Crippen molar-refractivity contribution in [3.8, 4) is 11.5 Å². The van der Waals surface area contributed by atoms with Crippen LogP contribution in [-0.2, 0) is 13.2 Å². The lowest BCUT2D eigenvalue weighted by Gasteiger charge is -2.14. The molecule has 0 unspecified atom stereocenters. The molecule has 1 N–H and O–H groups in total. The van der Waals surface area contributed by atoms with Gasteiger partial charge in [0.25, 0.3) is 0 Å². The lowest BCUT2D eigenvalue weighted by molar-refractivity contribution is 0.284. The van der Waals surface area contributed by atoms with Crippen molar-refractivity contribution in [3.05, 3.63) is 57.6 Å². The van der Waals surface area contributed by atoms with E-state index in [4.69, 9.17) is 32.7 Å². The van der Waals surface area contributed by atoms with Crippen LogP contribution in [0.3, 0.4) is 0 Å². The number of hydrogen-bond acceptors (Lipinski definition) is 3. The van der Waals surface area contributed by atoms with Gasteiger partial charge in [-0.05, 0) is 42.3 Å². The Kier molecular flexibility index (Phi) is 7.03. The van der Waals surface area contributed by atoms with Crippen LogP contribution >= 0.6 is 23.2 Å². The van der Waals surface area contributed by atoms with E-state index in [2.05, 4.69) is 12.2 Å². The second kappa shape index (κ2) is 9.02. The van der Waals surface area contributed by atoms with Crippen LogP contribution in [0.2, 0.25) is 10.0 Å². The molecule has 0 heterocycles. The number of rotatable bonds is 8. The third-order valence-corrected chi connectivity index (χ3v) is 3.99. The van der Waals surface area contributed by atoms with E-state index in [0.29, 0.717) is 34.7 Å². The molecule has 0 atom stereocenters. The standard InChI is InChI=1S/C18H21Cl2NO2/c1-3-8-21-11-14-9-17(22-2)18(10-16(14)20)23-12-13-4-6-15(19)7-5-13/h4-7,9-10,21H,3,8,11-12H2,1-2H3. The summed E-state index contributed by atoms with van der Waals surface area (Å²) in [5, 5.41) is 4.71. The number of halogens is 2. The van der Waals surface area contributed by atoms with Gasteiger partial charge in [-0.2, -0.15) is 0 Å². The van der Waals surface area contributed by atoms with E-state index in [9.17, 15) is 0 Å². The fraction of sp³-hybridized carbons (Fsp3) is 0.333. The van der Waals surface area contributed by atoms with E-state index in [0.717, 1.165) is 24.1 Å². The van der Waals surface area contributed by atoms with Gasteiger partial charge in [-0.25, -0.2) is 0 Å². The van der Waals surface area contributed by atoms with Crippen molar-refractivity contribution in [2.75, 3.05) is 13.7 Å². The minimum atomic E-state index is 0.428. The lowest BCUT2D eigenvalue weighted by atomic mass is 10.2. The molecule has 0 aliphatic rings. The summed E-state index contributed by atoms with van der Waals surface area (Å²) in [7, 11) is 1.63. The summed E-state index contributed by atoms with van der Waals surface area (Å²) < 4.78 is 11.3. The molecule has 0 spiro atoms. The molecule has 2 aromatic carbocycles. The first-order chi connectivity index (χ1) is 11.1. The van der Waals surface area contributed by atoms with E-state index >= 15 is 0 Å². The van der Waals surface area contributed by atoms with Crippen LogP contribution in [0.1, 0.15) is 24.5 Å². The zero-order valence-electron chi connectivity index (χ0n) is 13.4. The van der Waals surface area contributed by atoms with E-state index in [1.165, 1.54) is 0 Å². The number of ether oxygens (including phenoxy) is 2. The van der Waals surface area contributed by atoms with E-state index in [1.54, 1.807) is 13.2 Å². The summed E-state index contributed by atoms with van der Waals surface area (Å²) in [4.78, 5) is 0. The summed E-state index contributed by atoms with van der Waals surface area (Å²) in [6.07, 6.45) is 1.08. The lowest BCUT2D eigenvalue weighted by Crippen LogP contribution is -2.14. The third kappa shape index (κ3) is 5.31. The van der Waals surface area contributed by atoms with Crippen LogP contribution in [0.4, 0.5) is 0 Å². The van der Waals surface area contributed by atoms with Crippen LogP contribution in [0.25, 0.3) is 0 Å². The maximum absolute atomic E-state index is 6.35. The molecule has 124 valence electrons. The van der Waals surface area contributed by atoms with Gasteiger partial charge in [0, 0.05) is 22.7 Å². The van der Waals surface area contributed by atoms with Gasteiger partial charge in [-0.1, -0.05) is 42.3 Å². The minimum Gasteiger partial charge on any atom is -0.493 e. The molecule has 0 aliphatic heterocycles. The summed E-state index contributed by atoms with van der Waals surface area (Å²) in [6, 6.07) is 11.3. The molecule has 5 heteroatoms. The zero-order chi connectivity index (χ0) is 16.7. The van der Waals surface area contributed by atoms with Crippen molar-refractivity contribution in [1.29, 1.82) is 0 Å². The molecule has 0 fully saturated rings. The van der Waals surface area contributed by atoms with Gasteiger partial charge in [0.05, 0.1) is 7.11 Å². The van der Waals surface area contributed by atoms with Crippen LogP contribution in [0.5, 0.6) is 11.5 Å². The summed E-state index contributed by atoms with van der Waals surface area (Å²) >= 11 is 12.2. The summed E-state index contributed by atoms with van der Waals surface area (Å²) in [5.74, 6) is 1.31. The molecule has 2 aromatic rings. The zero-order valence-corrected chi connectivity index (χ0v) is 14.9. The largest absolute Gasteiger partial charge is 0.493 e. The molecule has 2 rings (SSSR count). The Morgan fingerprint density at radius 3 is 2.43 bits per heavy atom. The predicted molar refractivity (Wildman–Crippen MR) is 95.8 cm³/mol. The molecule has 0 amide bonds. The second-order valence-corrected chi connectivity index (χ2v) is 6.03. The Labute approximate surface area is 147 Å². The Hall–Kier alpha value is -1.42. The highest BCUT2D eigenvalue weighted by Gasteiger charge is 2.11. The normalized spacial score (nSPS) is 10.6. The first kappa shape index (κ1) is 17.9. The minimum absolute atomic E-state index is 0.428. The topological polar surface area (TPSA) is 30.5 Å². The van der Waals surface area contributed by atoms with Crippen LogP contribution in [0, 0.1) is 0 Å². The predicted octanol–water partition coefficient (Wildman–Crippen LogP) is 5.08. The third-order valence-electron chi connectivity index (χ3n) is 3.38. The molecule has 0 aromatic heterocycles. The average molecular weight is 354 g/mol. The number of hydrogen-bond donors (Lipinski definition) is 1. The molecule has 0 saturated carbocycles. The number of benzene rings is 2. The van der Waals surface area contributed by atoms with E-state index < -0.39 is 0 Å². The maximum Gasteiger partial charge on any atom is 0.163 e. The molecular weight excluding hydrogens is 333 g/mol. The maximum atomic E-state index is 6.35. The van der Waals surface area contributed by atoms with Gasteiger partial charge in [-0.3, -0.25) is 0 Å². The van der Waals surface area contributed by atoms with Gasteiger partial charge in [0.1, 0.15) is 6.61 Å². The molecule has 0 radical (unpaired) electrons. The Morgan fingerprint density at radius 2 is 1.78 bits per heavy atom. The van der Waals surface area contributed by atoms with Gasteiger partial charge < -0.3 is 14.8 Å². The van der Waals surface area contributed by atoms with Crippen molar-refractivity contribution in [1.82, 2.24) is 5.32 Å². The van der Waals surface area contributed by atoms with Crippen molar-refractivity contribution < 1.29 is 9.47 Å². The first-order valence-electron chi connectivity index (χ1n) is 7.58. The smallest absolute Gasteiger partial charge is 0.163 e. The van der Waals surface area contributed by atoms with Crippen LogP contribution in [0.15, 0.2) is 36.4 Å². The van der Waals surface area contributed by atoms with E-state index in [-0.39, 0.29) is 0 Å². The van der Waals surface area contributed by atoms with Crippen molar-refractivity contribution in [2.45, 2.75) is 26.5 Å². The molecule has 0 aliphatic carbocycles. The fourth-order valence-electron chi connectivity index (χ4n) is 2.13. The SMILES string of the molecule is CCCNCc1cc(OC)c(OCc2ccc(Cl)cc2)cc1Cl. The Morgan fingerprint density at radius 1 is 1.04 bits per heavy atom. The first-order valence-corrected chi connectivity index (χ1v) is 8.34. The Bertz CT molecular complexity index is 630. The fourth-order valence-corrected chi connectivity index (χ4v) is 2.47. The quantitative estimate of drug-likeness (QED) is 0.671. The van der Waals surface area contributed by atoms with Crippen molar-refractivity contribution >= 4 is 23.2 Å². The van der Waals surface area contributed by atoms with Crippen LogP contribution < -0.4 is 14.8 Å². The monoisotopic (exact) mass is 353 g/mol. The second-order valence-electron chi connectivity index (χ2n) is 5.19. The van der Waals surface area contributed by atoms with Crippen LogP contribution in [-0.4, -0.2) is 13.7 Å². The van der Waals surface area contributed by atoms with Gasteiger partial charge >= 0.3 is 0 Å². The van der Waals surface area contributed by atoms with Crippen molar-refractivity contribution in [3.63, 3.8) is 0 Å². The summed E-state index contributed by atoms with van der Waals surface area (Å²) in [5.41, 5.74) is 2.03. The highest BCUT2D eigenvalue weighted by atomic mass is 35.5. The number of nitrogens with one attached hydrogen (secondary N) is 1. The van der Waals surface area contributed by atoms with Gasteiger partial charge in [0.15, 0.2) is 11.5 Å². The number of methoxy groups -OCH3 is 1.